The van der Waals surface area contributed by atoms with Gasteiger partial charge in [-0.1, -0.05) is 81.4 Å². The van der Waals surface area contributed by atoms with E-state index in [-0.39, 0.29) is 16.9 Å². The smallest absolute Gasteiger partial charge is 0.226 e. The molecule has 164 valence electrons. The van der Waals surface area contributed by atoms with Crippen LogP contribution in [-0.2, 0) is 22.2 Å². The van der Waals surface area contributed by atoms with Crippen molar-refractivity contribution in [1.82, 2.24) is 4.90 Å². The lowest BCUT2D eigenvalue weighted by atomic mass is 9.93. The van der Waals surface area contributed by atoms with E-state index >= 15 is 0 Å². The first kappa shape index (κ1) is 24.4. The van der Waals surface area contributed by atoms with E-state index in [0.29, 0.717) is 6.54 Å². The highest BCUT2D eigenvalue weighted by molar-refractivity contribution is 6.74. The quantitative estimate of drug-likeness (QED) is 0.330. The molecule has 0 aromatic heterocycles. The first-order chi connectivity index (χ1) is 14.1. The first-order valence-electron chi connectivity index (χ1n) is 11.1. The molecular weight excluding hydrogens is 386 g/mol. The summed E-state index contributed by atoms with van der Waals surface area (Å²) in [5, 5.41) is 0.210. The van der Waals surface area contributed by atoms with E-state index < -0.39 is 8.32 Å². The molecule has 0 spiro atoms. The normalized spacial score (nSPS) is 13.1. The molecule has 0 radical (unpaired) electrons. The van der Waals surface area contributed by atoms with Gasteiger partial charge in [-0.25, -0.2) is 0 Å². The Kier molecular flexibility index (Phi) is 8.87. The van der Waals surface area contributed by atoms with Crippen molar-refractivity contribution in [3.05, 3.63) is 71.8 Å². The largest absolute Gasteiger partial charge is 0.417 e. The molecule has 0 saturated carbocycles. The zero-order valence-corrected chi connectivity index (χ0v) is 20.7. The van der Waals surface area contributed by atoms with E-state index in [1.165, 1.54) is 5.56 Å². The third-order valence-electron chi connectivity index (χ3n) is 6.28. The van der Waals surface area contributed by atoms with E-state index in [1.807, 2.05) is 48.3 Å². The predicted molar refractivity (Wildman–Crippen MR) is 129 cm³/mol. The van der Waals surface area contributed by atoms with Crippen molar-refractivity contribution in [3.63, 3.8) is 0 Å². The van der Waals surface area contributed by atoms with Crippen molar-refractivity contribution in [2.75, 3.05) is 13.7 Å². The van der Waals surface area contributed by atoms with Crippen LogP contribution in [0.1, 0.15) is 44.7 Å². The molecule has 0 fully saturated rings. The lowest BCUT2D eigenvalue weighted by Crippen LogP contribution is -2.41. The van der Waals surface area contributed by atoms with Gasteiger partial charge in [-0.05, 0) is 48.5 Å². The molecule has 0 heterocycles. The molecule has 0 saturated heterocycles. The molecule has 1 amide bonds. The summed E-state index contributed by atoms with van der Waals surface area (Å²) in [4.78, 5) is 15.2. The lowest BCUT2D eigenvalue weighted by molar-refractivity contribution is -0.135. The number of benzene rings is 2. The minimum atomic E-state index is -1.75. The molecule has 1 unspecified atom stereocenters. The van der Waals surface area contributed by atoms with Crippen LogP contribution in [0.25, 0.3) is 0 Å². The van der Waals surface area contributed by atoms with Gasteiger partial charge in [0, 0.05) is 26.1 Å². The van der Waals surface area contributed by atoms with Crippen LogP contribution in [0.15, 0.2) is 60.7 Å². The number of carbonyl (C=O) groups is 1. The van der Waals surface area contributed by atoms with Gasteiger partial charge in [0.1, 0.15) is 0 Å². The Bertz CT molecular complexity index is 769. The Morgan fingerprint density at radius 3 is 2.03 bits per heavy atom. The van der Waals surface area contributed by atoms with Gasteiger partial charge in [0.2, 0.25) is 5.91 Å². The van der Waals surface area contributed by atoms with E-state index in [1.54, 1.807) is 0 Å². The molecular formula is C26H39NO2Si. The minimum absolute atomic E-state index is 0.0240. The van der Waals surface area contributed by atoms with Crippen molar-refractivity contribution < 1.29 is 9.22 Å². The number of nitrogens with zero attached hydrogens (tertiary/aromatic N) is 1. The number of hydrogen-bond acceptors (Lipinski definition) is 2. The average molecular weight is 426 g/mol. The Labute approximate surface area is 184 Å². The van der Waals surface area contributed by atoms with Gasteiger partial charge in [0.15, 0.2) is 8.32 Å². The zero-order chi connectivity index (χ0) is 22.2. The summed E-state index contributed by atoms with van der Waals surface area (Å²) in [6.45, 7) is 12.7. The van der Waals surface area contributed by atoms with Crippen LogP contribution in [0, 0.1) is 5.92 Å². The van der Waals surface area contributed by atoms with E-state index in [2.05, 4.69) is 58.1 Å². The molecule has 2 aromatic carbocycles. The first-order valence-corrected chi connectivity index (χ1v) is 14.0. The maximum Gasteiger partial charge on any atom is 0.226 e. The van der Waals surface area contributed by atoms with Crippen LogP contribution in [0.2, 0.25) is 18.1 Å². The van der Waals surface area contributed by atoms with Gasteiger partial charge < -0.3 is 9.33 Å². The van der Waals surface area contributed by atoms with Gasteiger partial charge in [0.05, 0.1) is 0 Å². The second-order valence-electron chi connectivity index (χ2n) is 9.82. The maximum atomic E-state index is 13.3. The molecule has 0 bridgehead atoms. The van der Waals surface area contributed by atoms with Crippen LogP contribution in [0.5, 0.6) is 0 Å². The van der Waals surface area contributed by atoms with Crippen LogP contribution >= 0.6 is 0 Å². The van der Waals surface area contributed by atoms with Crippen molar-refractivity contribution in [3.8, 4) is 0 Å². The topological polar surface area (TPSA) is 29.5 Å². The standard InChI is InChI=1S/C26H39NO2Si/c1-26(2,3)30(5,6)29-19-13-18-24(20-22-14-9-7-10-15-22)25(28)27(4)21-23-16-11-8-12-17-23/h7-12,14-17,24H,13,18-21H2,1-6H3. The third kappa shape index (κ3) is 7.40. The highest BCUT2D eigenvalue weighted by atomic mass is 28.4. The second-order valence-corrected chi connectivity index (χ2v) is 14.6. The number of rotatable bonds is 10. The molecule has 2 aromatic rings. The molecule has 30 heavy (non-hydrogen) atoms. The van der Waals surface area contributed by atoms with Gasteiger partial charge >= 0.3 is 0 Å². The number of hydrogen-bond donors (Lipinski definition) is 0. The summed E-state index contributed by atoms with van der Waals surface area (Å²) >= 11 is 0. The Morgan fingerprint density at radius 2 is 1.50 bits per heavy atom. The molecule has 4 heteroatoms. The zero-order valence-electron chi connectivity index (χ0n) is 19.7. The summed E-state index contributed by atoms with van der Waals surface area (Å²) in [7, 11) is 0.170. The SMILES string of the molecule is CN(Cc1ccccc1)C(=O)C(CCCO[Si](C)(C)C(C)(C)C)Cc1ccccc1. The summed E-state index contributed by atoms with van der Waals surface area (Å²) in [6, 6.07) is 20.5. The van der Waals surface area contributed by atoms with E-state index in [9.17, 15) is 4.79 Å². The van der Waals surface area contributed by atoms with Crippen molar-refractivity contribution in [1.29, 1.82) is 0 Å². The monoisotopic (exact) mass is 425 g/mol. The van der Waals surface area contributed by atoms with Crippen molar-refractivity contribution in [2.45, 2.75) is 64.7 Å². The molecule has 2 rings (SSSR count). The van der Waals surface area contributed by atoms with Gasteiger partial charge in [0.25, 0.3) is 0 Å². The van der Waals surface area contributed by atoms with Crippen LogP contribution < -0.4 is 0 Å². The Hall–Kier alpha value is -1.91. The summed E-state index contributed by atoms with van der Waals surface area (Å²) < 4.78 is 6.34. The van der Waals surface area contributed by atoms with Gasteiger partial charge in [-0.2, -0.15) is 0 Å². The molecule has 3 nitrogen and oxygen atoms in total. The fourth-order valence-corrected chi connectivity index (χ4v) is 4.42. The van der Waals surface area contributed by atoms with E-state index in [4.69, 9.17) is 4.43 Å². The summed E-state index contributed by atoms with van der Waals surface area (Å²) in [5.41, 5.74) is 2.38. The highest BCUT2D eigenvalue weighted by Gasteiger charge is 2.37. The molecule has 0 aliphatic rings. The van der Waals surface area contributed by atoms with Crippen LogP contribution in [-0.4, -0.2) is 32.8 Å². The van der Waals surface area contributed by atoms with Crippen LogP contribution in [0.4, 0.5) is 0 Å². The van der Waals surface area contributed by atoms with Crippen molar-refractivity contribution >= 4 is 14.2 Å². The third-order valence-corrected chi connectivity index (χ3v) is 10.8. The van der Waals surface area contributed by atoms with Crippen molar-refractivity contribution in [2.24, 2.45) is 5.92 Å². The average Bonchev–Trinajstić information content (AvgIpc) is 2.70. The number of carbonyl (C=O) groups excluding carboxylic acids is 1. The minimum Gasteiger partial charge on any atom is -0.417 e. The molecule has 0 aliphatic carbocycles. The second kappa shape index (κ2) is 10.9. The lowest BCUT2D eigenvalue weighted by Gasteiger charge is -2.36. The summed E-state index contributed by atoms with van der Waals surface area (Å²) in [5.74, 6) is 0.194. The van der Waals surface area contributed by atoms with Gasteiger partial charge in [-0.15, -0.1) is 0 Å². The fourth-order valence-electron chi connectivity index (χ4n) is 3.33. The van der Waals surface area contributed by atoms with Crippen LogP contribution in [0.3, 0.4) is 0 Å². The highest BCUT2D eigenvalue weighted by Crippen LogP contribution is 2.36. The molecule has 0 N–H and O–H groups in total. The Balaban J connectivity index is 2.00. The maximum absolute atomic E-state index is 13.3. The summed E-state index contributed by atoms with van der Waals surface area (Å²) in [6.07, 6.45) is 2.54. The molecule has 0 aliphatic heterocycles. The number of amides is 1. The van der Waals surface area contributed by atoms with Gasteiger partial charge in [-0.3, -0.25) is 4.79 Å². The van der Waals surface area contributed by atoms with E-state index in [0.717, 1.165) is 31.4 Å². The molecule has 1 atom stereocenters. The Morgan fingerprint density at radius 1 is 0.967 bits per heavy atom. The predicted octanol–water partition coefficient (Wildman–Crippen LogP) is 6.31. The fraction of sp³-hybridized carbons (Fsp3) is 0.500.